The fourth-order valence-electron chi connectivity index (χ4n) is 4.45. The van der Waals surface area contributed by atoms with Crippen LogP contribution in [0.1, 0.15) is 45.1 Å². The molecular formula is C28H39N3O6S. The number of benzene rings is 2. The van der Waals surface area contributed by atoms with Crippen LogP contribution in [0.25, 0.3) is 0 Å². The first kappa shape index (κ1) is 29.3. The lowest BCUT2D eigenvalue weighted by atomic mass is 10.1. The minimum atomic E-state index is -3.61. The number of carbonyl (C=O) groups excluding carboxylic acids is 2. The molecule has 0 spiro atoms. The molecule has 2 amide bonds. The van der Waals surface area contributed by atoms with E-state index in [1.54, 1.807) is 23.1 Å². The zero-order chi connectivity index (χ0) is 27.5. The summed E-state index contributed by atoms with van der Waals surface area (Å²) in [4.78, 5) is 28.0. The molecule has 0 saturated carbocycles. The number of hydrogen-bond donors (Lipinski definition) is 1. The largest absolute Gasteiger partial charge is 0.486 e. The third-order valence-electron chi connectivity index (χ3n) is 6.39. The second-order valence-corrected chi connectivity index (χ2v) is 11.2. The van der Waals surface area contributed by atoms with Gasteiger partial charge in [0.2, 0.25) is 21.8 Å². The zero-order valence-corrected chi connectivity index (χ0v) is 23.3. The van der Waals surface area contributed by atoms with Crippen LogP contribution in [-0.4, -0.2) is 70.3 Å². The number of carbonyl (C=O) groups is 2. The highest BCUT2D eigenvalue weighted by Gasteiger charge is 2.28. The van der Waals surface area contributed by atoms with E-state index in [4.69, 9.17) is 9.47 Å². The lowest BCUT2D eigenvalue weighted by Crippen LogP contribution is -2.50. The molecule has 0 aromatic heterocycles. The van der Waals surface area contributed by atoms with E-state index in [9.17, 15) is 18.0 Å². The summed E-state index contributed by atoms with van der Waals surface area (Å²) in [5.41, 5.74) is 1.53. The van der Waals surface area contributed by atoms with Crippen LogP contribution >= 0.6 is 0 Å². The number of nitrogens with zero attached hydrogens (tertiary/aromatic N) is 2. The normalized spacial score (nSPS) is 13.4. The lowest BCUT2D eigenvalue weighted by molar-refractivity contribution is -0.140. The Bertz CT molecular complexity index is 1170. The third-order valence-corrected chi connectivity index (χ3v) is 7.58. The van der Waals surface area contributed by atoms with Crippen molar-refractivity contribution in [2.75, 3.05) is 43.4 Å². The monoisotopic (exact) mass is 545 g/mol. The maximum Gasteiger partial charge on any atom is 0.242 e. The Morgan fingerprint density at radius 1 is 1.00 bits per heavy atom. The van der Waals surface area contributed by atoms with E-state index in [1.807, 2.05) is 44.2 Å². The van der Waals surface area contributed by atoms with E-state index in [1.165, 1.54) is 4.31 Å². The van der Waals surface area contributed by atoms with Crippen molar-refractivity contribution in [2.45, 2.75) is 52.0 Å². The summed E-state index contributed by atoms with van der Waals surface area (Å²) >= 11 is 0. The Labute approximate surface area is 226 Å². The molecule has 0 unspecified atom stereocenters. The second-order valence-electron chi connectivity index (χ2n) is 9.30. The Kier molecular flexibility index (Phi) is 10.8. The Balaban J connectivity index is 1.71. The van der Waals surface area contributed by atoms with Gasteiger partial charge in [-0.15, -0.1) is 0 Å². The van der Waals surface area contributed by atoms with Crippen LogP contribution in [0.4, 0.5) is 5.69 Å². The molecule has 0 fully saturated rings. The van der Waals surface area contributed by atoms with Crippen LogP contribution in [0.15, 0.2) is 48.5 Å². The predicted molar refractivity (Wildman–Crippen MR) is 148 cm³/mol. The molecule has 1 atom stereocenters. The molecule has 0 aliphatic carbocycles. The van der Waals surface area contributed by atoms with Gasteiger partial charge in [0.15, 0.2) is 11.5 Å². The Morgan fingerprint density at radius 3 is 2.37 bits per heavy atom. The van der Waals surface area contributed by atoms with Gasteiger partial charge in [-0.05, 0) is 43.4 Å². The number of sulfonamides is 1. The van der Waals surface area contributed by atoms with E-state index >= 15 is 0 Å². The van der Waals surface area contributed by atoms with E-state index in [0.717, 1.165) is 18.2 Å². The zero-order valence-electron chi connectivity index (χ0n) is 22.5. The van der Waals surface area contributed by atoms with Gasteiger partial charge in [-0.2, -0.15) is 0 Å². The van der Waals surface area contributed by atoms with Crippen molar-refractivity contribution in [1.82, 2.24) is 10.2 Å². The Hall–Kier alpha value is -3.27. The number of ether oxygens (including phenoxy) is 2. The molecule has 208 valence electrons. The molecule has 0 radical (unpaired) electrons. The van der Waals surface area contributed by atoms with Gasteiger partial charge in [-0.1, -0.05) is 44.2 Å². The molecule has 9 nitrogen and oxygen atoms in total. The van der Waals surface area contributed by atoms with Crippen LogP contribution in [0.2, 0.25) is 0 Å². The van der Waals surface area contributed by atoms with Crippen molar-refractivity contribution in [3.8, 4) is 11.5 Å². The van der Waals surface area contributed by atoms with Gasteiger partial charge < -0.3 is 19.7 Å². The molecule has 1 aliphatic rings. The minimum absolute atomic E-state index is 0.114. The maximum absolute atomic E-state index is 13.4. The van der Waals surface area contributed by atoms with E-state index in [2.05, 4.69) is 5.32 Å². The van der Waals surface area contributed by atoms with E-state index in [-0.39, 0.29) is 24.8 Å². The van der Waals surface area contributed by atoms with Gasteiger partial charge in [-0.25, -0.2) is 8.42 Å². The first-order chi connectivity index (χ1) is 18.2. The molecule has 10 heteroatoms. The molecule has 38 heavy (non-hydrogen) atoms. The molecule has 1 heterocycles. The summed E-state index contributed by atoms with van der Waals surface area (Å²) < 4.78 is 37.7. The summed E-state index contributed by atoms with van der Waals surface area (Å²) in [5, 5.41) is 2.92. The predicted octanol–water partition coefficient (Wildman–Crippen LogP) is 3.38. The number of fused-ring (bicyclic) bond motifs is 1. The first-order valence-corrected chi connectivity index (χ1v) is 15.1. The van der Waals surface area contributed by atoms with Crippen molar-refractivity contribution in [3.63, 3.8) is 0 Å². The third kappa shape index (κ3) is 8.11. The summed E-state index contributed by atoms with van der Waals surface area (Å²) in [6.07, 6.45) is 3.47. The highest BCUT2D eigenvalue weighted by atomic mass is 32.2. The van der Waals surface area contributed by atoms with Gasteiger partial charge >= 0.3 is 0 Å². The second kappa shape index (κ2) is 14.0. The van der Waals surface area contributed by atoms with Gasteiger partial charge in [0.25, 0.3) is 0 Å². The topological polar surface area (TPSA) is 105 Å². The average molecular weight is 546 g/mol. The smallest absolute Gasteiger partial charge is 0.242 e. The van der Waals surface area contributed by atoms with Crippen molar-refractivity contribution in [1.29, 1.82) is 0 Å². The lowest BCUT2D eigenvalue weighted by Gasteiger charge is -2.31. The fourth-order valence-corrected chi connectivity index (χ4v) is 5.41. The number of rotatable bonds is 14. The van der Waals surface area contributed by atoms with Gasteiger partial charge in [0, 0.05) is 32.1 Å². The number of amides is 2. The van der Waals surface area contributed by atoms with Crippen molar-refractivity contribution in [2.24, 2.45) is 0 Å². The quantitative estimate of drug-likeness (QED) is 0.390. The summed E-state index contributed by atoms with van der Waals surface area (Å²) in [5.74, 6) is 0.735. The van der Waals surface area contributed by atoms with Gasteiger partial charge in [0.05, 0.1) is 11.9 Å². The maximum atomic E-state index is 13.4. The Morgan fingerprint density at radius 2 is 1.71 bits per heavy atom. The highest BCUT2D eigenvalue weighted by Crippen LogP contribution is 2.34. The number of hydrogen-bond acceptors (Lipinski definition) is 6. The molecule has 2 aromatic rings. The SMILES string of the molecule is CCCNC(=O)[C@@H](CC)N(CCc1ccccc1)C(=O)CCCN(c1ccc2c(c1)OCCO2)S(C)(=O)=O. The molecule has 1 N–H and O–H groups in total. The van der Waals surface area contributed by atoms with Gasteiger partial charge in [0.1, 0.15) is 19.3 Å². The summed E-state index contributed by atoms with van der Waals surface area (Å²) in [6.45, 7) is 5.79. The first-order valence-electron chi connectivity index (χ1n) is 13.2. The van der Waals surface area contributed by atoms with Crippen LogP contribution in [0, 0.1) is 0 Å². The number of nitrogens with one attached hydrogen (secondary N) is 1. The standard InChI is InChI=1S/C28H39N3O6S/c1-4-16-29-28(33)24(5-2)30(18-15-22-10-7-6-8-11-22)27(32)12-9-17-31(38(3,34)35)23-13-14-25-26(21-23)37-20-19-36-25/h6-8,10-11,13-14,21,24H,4-5,9,12,15-20H2,1-3H3,(H,29,33)/t24-/m1/s1. The van der Waals surface area contributed by atoms with Crippen LogP contribution in [0.3, 0.4) is 0 Å². The van der Waals surface area contributed by atoms with Gasteiger partial charge in [-0.3, -0.25) is 13.9 Å². The highest BCUT2D eigenvalue weighted by molar-refractivity contribution is 7.92. The number of anilines is 1. The molecule has 2 aromatic carbocycles. The summed E-state index contributed by atoms with van der Waals surface area (Å²) in [7, 11) is -3.61. The van der Waals surface area contributed by atoms with Crippen LogP contribution in [0.5, 0.6) is 11.5 Å². The molecular weight excluding hydrogens is 506 g/mol. The van der Waals surface area contributed by atoms with Crippen molar-refractivity contribution < 1.29 is 27.5 Å². The molecule has 0 bridgehead atoms. The summed E-state index contributed by atoms with van der Waals surface area (Å²) in [6, 6.07) is 14.3. The van der Waals surface area contributed by atoms with E-state index < -0.39 is 16.1 Å². The van der Waals surface area contributed by atoms with E-state index in [0.29, 0.717) is 62.8 Å². The average Bonchev–Trinajstić information content (AvgIpc) is 2.91. The molecule has 1 aliphatic heterocycles. The molecule has 0 saturated heterocycles. The van der Waals surface area contributed by atoms with Crippen molar-refractivity contribution >= 4 is 27.5 Å². The fraction of sp³-hybridized carbons (Fsp3) is 0.500. The van der Waals surface area contributed by atoms with Crippen molar-refractivity contribution in [3.05, 3.63) is 54.1 Å². The minimum Gasteiger partial charge on any atom is -0.486 e. The van der Waals surface area contributed by atoms with Crippen LogP contribution < -0.4 is 19.1 Å². The molecule has 3 rings (SSSR count). The van der Waals surface area contributed by atoms with Crippen LogP contribution in [-0.2, 0) is 26.0 Å².